The van der Waals surface area contributed by atoms with Crippen molar-refractivity contribution in [1.82, 2.24) is 24.9 Å². The van der Waals surface area contributed by atoms with Crippen molar-refractivity contribution in [1.29, 1.82) is 0 Å². The topological polar surface area (TPSA) is 137 Å². The maximum Gasteiger partial charge on any atom is 0.390 e. The molecular weight excluding hydrogens is 354 g/mol. The summed E-state index contributed by atoms with van der Waals surface area (Å²) in [6, 6.07) is 1.34. The molecule has 0 aliphatic carbocycles. The van der Waals surface area contributed by atoms with Gasteiger partial charge in [-0.1, -0.05) is 13.8 Å². The molecule has 2 heterocycles. The molecule has 0 aliphatic rings. The van der Waals surface area contributed by atoms with Gasteiger partial charge >= 0.3 is 5.82 Å². The highest BCUT2D eigenvalue weighted by atomic mass is 16.6. The van der Waals surface area contributed by atoms with Crippen LogP contribution in [-0.4, -0.2) is 42.8 Å². The Kier molecular flexibility index (Phi) is 6.27. The molecule has 0 aliphatic heterocycles. The molecule has 0 aromatic carbocycles. The van der Waals surface area contributed by atoms with Crippen LogP contribution in [0.4, 0.5) is 11.5 Å². The van der Waals surface area contributed by atoms with Crippen LogP contribution in [0.5, 0.6) is 0 Å². The van der Waals surface area contributed by atoms with Crippen molar-refractivity contribution >= 4 is 23.3 Å². The molecular formula is C16H23N7O4. The third kappa shape index (κ3) is 5.12. The van der Waals surface area contributed by atoms with Crippen LogP contribution in [0, 0.1) is 23.0 Å². The minimum Gasteiger partial charge on any atom is -0.358 e. The van der Waals surface area contributed by atoms with Crippen molar-refractivity contribution in [3.05, 3.63) is 33.8 Å². The summed E-state index contributed by atoms with van der Waals surface area (Å²) in [5.74, 6) is -0.637. The fourth-order valence-electron chi connectivity index (χ4n) is 2.41. The van der Waals surface area contributed by atoms with E-state index in [2.05, 4.69) is 20.8 Å². The van der Waals surface area contributed by atoms with Crippen LogP contribution in [0.2, 0.25) is 0 Å². The first-order valence-electron chi connectivity index (χ1n) is 8.48. The van der Waals surface area contributed by atoms with Crippen LogP contribution < -0.4 is 10.6 Å². The Morgan fingerprint density at radius 1 is 1.37 bits per heavy atom. The van der Waals surface area contributed by atoms with E-state index in [1.54, 1.807) is 14.0 Å². The summed E-state index contributed by atoms with van der Waals surface area (Å²) >= 11 is 0. The molecule has 146 valence electrons. The van der Waals surface area contributed by atoms with Crippen LogP contribution in [0.1, 0.15) is 36.5 Å². The van der Waals surface area contributed by atoms with Gasteiger partial charge in [0.25, 0.3) is 5.91 Å². The molecule has 0 atom stereocenters. The first kappa shape index (κ1) is 20.1. The first-order valence-corrected chi connectivity index (χ1v) is 8.48. The number of nitro groups is 1. The fourth-order valence-corrected chi connectivity index (χ4v) is 2.41. The molecule has 2 N–H and O–H groups in total. The number of nitrogens with zero attached hydrogens (tertiary/aromatic N) is 5. The molecule has 0 spiro atoms. The molecule has 2 aromatic heterocycles. The molecule has 2 rings (SSSR count). The number of hydrogen-bond acceptors (Lipinski definition) is 6. The number of aromatic nitrogens is 4. The molecule has 0 bridgehead atoms. The second kappa shape index (κ2) is 8.43. The quantitative estimate of drug-likeness (QED) is 0.524. The highest BCUT2D eigenvalue weighted by Crippen LogP contribution is 2.15. The van der Waals surface area contributed by atoms with Gasteiger partial charge < -0.3 is 20.7 Å². The normalized spacial score (nSPS) is 10.9. The van der Waals surface area contributed by atoms with Crippen molar-refractivity contribution in [2.45, 2.75) is 33.7 Å². The average molecular weight is 377 g/mol. The van der Waals surface area contributed by atoms with Crippen molar-refractivity contribution in [2.75, 3.05) is 11.9 Å². The van der Waals surface area contributed by atoms with Gasteiger partial charge in [0.05, 0.1) is 35.3 Å². The first-order chi connectivity index (χ1) is 12.7. The summed E-state index contributed by atoms with van der Waals surface area (Å²) in [7, 11) is 1.62. The van der Waals surface area contributed by atoms with Crippen molar-refractivity contribution in [3.63, 3.8) is 0 Å². The number of aryl methyl sites for hydroxylation is 3. The minimum atomic E-state index is -0.582. The van der Waals surface area contributed by atoms with Crippen LogP contribution in [-0.2, 0) is 18.4 Å². The van der Waals surface area contributed by atoms with Gasteiger partial charge in [-0.2, -0.15) is 9.78 Å². The van der Waals surface area contributed by atoms with Gasteiger partial charge in [-0.05, 0) is 17.8 Å². The lowest BCUT2D eigenvalue weighted by molar-refractivity contribution is -0.389. The van der Waals surface area contributed by atoms with Crippen LogP contribution in [0.25, 0.3) is 0 Å². The standard InChI is InChI=1S/C16H23N7O4/c1-10(2)8-17-16(25)15-12(9-18-21(15)4)19-14(24)5-6-22-11(3)7-13(20-22)23(26)27/h7,9-10H,5-6,8H2,1-4H3,(H,17,25)(H,19,24). The molecule has 27 heavy (non-hydrogen) atoms. The molecule has 0 saturated carbocycles. The number of amides is 2. The van der Waals surface area contributed by atoms with E-state index in [-0.39, 0.29) is 36.3 Å². The fraction of sp³-hybridized carbons (Fsp3) is 0.500. The Balaban J connectivity index is 2.00. The monoisotopic (exact) mass is 377 g/mol. The summed E-state index contributed by atoms with van der Waals surface area (Å²) in [6.45, 7) is 6.33. The van der Waals surface area contributed by atoms with Gasteiger partial charge in [-0.25, -0.2) is 0 Å². The third-order valence-electron chi connectivity index (χ3n) is 3.80. The van der Waals surface area contributed by atoms with E-state index in [1.807, 2.05) is 13.8 Å². The SMILES string of the molecule is Cc1cc([N+](=O)[O-])nn1CCC(=O)Nc1cnn(C)c1C(=O)NCC(C)C. The van der Waals surface area contributed by atoms with E-state index in [0.717, 1.165) is 0 Å². The third-order valence-corrected chi connectivity index (χ3v) is 3.80. The number of hydrogen-bond donors (Lipinski definition) is 2. The Morgan fingerprint density at radius 2 is 2.07 bits per heavy atom. The Labute approximate surface area is 155 Å². The number of rotatable bonds is 8. The number of anilines is 1. The number of carbonyl (C=O) groups excluding carboxylic acids is 2. The molecule has 0 unspecified atom stereocenters. The number of carbonyl (C=O) groups is 2. The second-order valence-electron chi connectivity index (χ2n) is 6.56. The van der Waals surface area contributed by atoms with Gasteiger partial charge in [-0.3, -0.25) is 14.3 Å². The summed E-state index contributed by atoms with van der Waals surface area (Å²) in [5.41, 5.74) is 1.16. The van der Waals surface area contributed by atoms with E-state index in [9.17, 15) is 19.7 Å². The molecule has 2 amide bonds. The second-order valence-corrected chi connectivity index (χ2v) is 6.56. The predicted octanol–water partition coefficient (Wildman–Crippen LogP) is 1.25. The Morgan fingerprint density at radius 3 is 2.67 bits per heavy atom. The molecule has 0 saturated heterocycles. The zero-order chi connectivity index (χ0) is 20.1. The van der Waals surface area contributed by atoms with Crippen molar-refractivity contribution < 1.29 is 14.5 Å². The lowest BCUT2D eigenvalue weighted by Crippen LogP contribution is -2.30. The molecule has 11 nitrogen and oxygen atoms in total. The molecule has 11 heteroatoms. The number of nitrogens with one attached hydrogen (secondary N) is 2. The maximum atomic E-state index is 12.3. The van der Waals surface area contributed by atoms with E-state index >= 15 is 0 Å². The van der Waals surface area contributed by atoms with Gasteiger partial charge in [-0.15, -0.1) is 0 Å². The minimum absolute atomic E-state index is 0.0433. The van der Waals surface area contributed by atoms with E-state index in [0.29, 0.717) is 23.8 Å². The zero-order valence-corrected chi connectivity index (χ0v) is 15.7. The van der Waals surface area contributed by atoms with Crippen molar-refractivity contribution in [2.24, 2.45) is 13.0 Å². The highest BCUT2D eigenvalue weighted by molar-refractivity contribution is 6.02. The summed E-state index contributed by atoms with van der Waals surface area (Å²) < 4.78 is 2.80. The average Bonchev–Trinajstić information content (AvgIpc) is 3.14. The summed E-state index contributed by atoms with van der Waals surface area (Å²) in [5, 5.41) is 24.1. The highest BCUT2D eigenvalue weighted by Gasteiger charge is 2.20. The van der Waals surface area contributed by atoms with Gasteiger partial charge in [0.1, 0.15) is 5.69 Å². The lowest BCUT2D eigenvalue weighted by atomic mass is 10.2. The molecule has 2 aromatic rings. The van der Waals surface area contributed by atoms with E-state index in [4.69, 9.17) is 0 Å². The Hall–Kier alpha value is -3.24. The van der Waals surface area contributed by atoms with Gasteiger partial charge in [0.2, 0.25) is 5.91 Å². The zero-order valence-electron chi connectivity index (χ0n) is 15.7. The van der Waals surface area contributed by atoms with Crippen molar-refractivity contribution in [3.8, 4) is 0 Å². The van der Waals surface area contributed by atoms with Crippen LogP contribution >= 0.6 is 0 Å². The summed E-state index contributed by atoms with van der Waals surface area (Å²) in [4.78, 5) is 34.7. The lowest BCUT2D eigenvalue weighted by Gasteiger charge is -2.10. The molecule has 0 radical (unpaired) electrons. The molecule has 0 fully saturated rings. The van der Waals surface area contributed by atoms with Crippen LogP contribution in [0.15, 0.2) is 12.3 Å². The van der Waals surface area contributed by atoms with Gasteiger partial charge in [0.15, 0.2) is 0 Å². The van der Waals surface area contributed by atoms with E-state index in [1.165, 1.54) is 21.6 Å². The van der Waals surface area contributed by atoms with E-state index < -0.39 is 4.92 Å². The summed E-state index contributed by atoms with van der Waals surface area (Å²) in [6.07, 6.45) is 1.45. The maximum absolute atomic E-state index is 12.3. The van der Waals surface area contributed by atoms with Gasteiger partial charge in [0, 0.05) is 20.0 Å². The van der Waals surface area contributed by atoms with Crippen LogP contribution in [0.3, 0.4) is 0 Å². The Bertz CT molecular complexity index is 853. The smallest absolute Gasteiger partial charge is 0.358 e. The largest absolute Gasteiger partial charge is 0.390 e. The predicted molar refractivity (Wildman–Crippen MR) is 97.2 cm³/mol.